The highest BCUT2D eigenvalue weighted by molar-refractivity contribution is 6.06. The topological polar surface area (TPSA) is 99.9 Å². The number of fused-ring (bicyclic) bond motifs is 2. The Morgan fingerprint density at radius 1 is 1.19 bits per heavy atom. The van der Waals surface area contributed by atoms with Crippen molar-refractivity contribution < 1.29 is 23.8 Å². The largest absolute Gasteiger partial charge is 0.494 e. The van der Waals surface area contributed by atoms with Crippen molar-refractivity contribution in [2.24, 2.45) is 5.73 Å². The van der Waals surface area contributed by atoms with Gasteiger partial charge in [0.15, 0.2) is 0 Å². The van der Waals surface area contributed by atoms with Gasteiger partial charge in [0.05, 0.1) is 30.9 Å². The first-order valence-corrected chi connectivity index (χ1v) is 10.5. The summed E-state index contributed by atoms with van der Waals surface area (Å²) in [5.41, 5.74) is 6.54. The second-order valence-electron chi connectivity index (χ2n) is 7.68. The van der Waals surface area contributed by atoms with Crippen molar-refractivity contribution in [2.45, 2.75) is 31.1 Å². The lowest BCUT2D eigenvalue weighted by molar-refractivity contribution is -0.138. The normalized spacial score (nSPS) is 22.0. The first kappa shape index (κ1) is 21.6. The highest BCUT2D eigenvalue weighted by atomic mass is 16.5. The average Bonchev–Trinajstić information content (AvgIpc) is 3.37. The summed E-state index contributed by atoms with van der Waals surface area (Å²) >= 11 is 0. The molecule has 166 valence electrons. The van der Waals surface area contributed by atoms with E-state index in [2.05, 4.69) is 5.32 Å². The van der Waals surface area contributed by atoms with Gasteiger partial charge in [0.25, 0.3) is 0 Å². The third kappa shape index (κ3) is 3.87. The summed E-state index contributed by atoms with van der Waals surface area (Å²) in [6, 6.07) is 17.0. The third-order valence-electron chi connectivity index (χ3n) is 5.73. The third-order valence-corrected chi connectivity index (χ3v) is 5.73. The summed E-state index contributed by atoms with van der Waals surface area (Å²) in [5.74, 6) is -0.603. The Kier molecular flexibility index (Phi) is 6.01. The number of nitrogens with two attached hydrogens (primary N) is 1. The molecule has 3 N–H and O–H groups in total. The van der Waals surface area contributed by atoms with Crippen LogP contribution < -0.4 is 15.8 Å². The average molecular weight is 434 g/mol. The minimum absolute atomic E-state index is 0.141. The Labute approximate surface area is 186 Å². The first-order valence-electron chi connectivity index (χ1n) is 10.5. The van der Waals surface area contributed by atoms with Crippen LogP contribution in [0.1, 0.15) is 12.5 Å². The number of carbonyl (C=O) groups excluding carboxylic acids is 2. The van der Waals surface area contributed by atoms with E-state index in [1.165, 1.54) is 7.11 Å². The maximum atomic E-state index is 12.8. The molecule has 0 aromatic heterocycles. The minimum atomic E-state index is -1.21. The van der Waals surface area contributed by atoms with Crippen molar-refractivity contribution in [3.8, 4) is 5.75 Å². The molecule has 0 spiro atoms. The fourth-order valence-corrected chi connectivity index (χ4v) is 4.38. The van der Waals surface area contributed by atoms with Gasteiger partial charge in [-0.3, -0.25) is 4.79 Å². The van der Waals surface area contributed by atoms with E-state index in [-0.39, 0.29) is 11.1 Å². The molecule has 7 nitrogen and oxygen atoms in total. The molecule has 2 aromatic carbocycles. The Bertz CT molecular complexity index is 1080. The lowest BCUT2D eigenvalue weighted by Crippen LogP contribution is -2.49. The minimum Gasteiger partial charge on any atom is -0.494 e. The maximum Gasteiger partial charge on any atom is 0.337 e. The molecule has 2 aliphatic rings. The summed E-state index contributed by atoms with van der Waals surface area (Å²) in [6.07, 6.45) is 3.42. The van der Waals surface area contributed by atoms with Gasteiger partial charge in [-0.05, 0) is 37.1 Å². The molecule has 3 atom stereocenters. The number of amides is 1. The van der Waals surface area contributed by atoms with E-state index in [0.717, 1.165) is 17.0 Å². The molecule has 0 aliphatic carbocycles. The van der Waals surface area contributed by atoms with E-state index in [0.29, 0.717) is 13.0 Å². The lowest BCUT2D eigenvalue weighted by Gasteiger charge is -2.36. The molecule has 32 heavy (non-hydrogen) atoms. The number of methoxy groups -OCH3 is 1. The van der Waals surface area contributed by atoms with Crippen LogP contribution >= 0.6 is 0 Å². The number of carbonyl (C=O) groups is 2. The van der Waals surface area contributed by atoms with E-state index in [9.17, 15) is 9.59 Å². The highest BCUT2D eigenvalue weighted by Crippen LogP contribution is 2.47. The fraction of sp³-hybridized carbons (Fsp3) is 0.280. The maximum absolute atomic E-state index is 12.8. The van der Waals surface area contributed by atoms with Crippen molar-refractivity contribution in [3.05, 3.63) is 83.5 Å². The van der Waals surface area contributed by atoms with Crippen LogP contribution in [0.3, 0.4) is 0 Å². The number of anilines is 1. The molecule has 3 unspecified atom stereocenters. The smallest absolute Gasteiger partial charge is 0.337 e. The lowest BCUT2D eigenvalue weighted by atomic mass is 9.79. The summed E-state index contributed by atoms with van der Waals surface area (Å²) in [4.78, 5) is 25.0. The highest BCUT2D eigenvalue weighted by Gasteiger charge is 2.57. The molecular formula is C25H26N2O5. The van der Waals surface area contributed by atoms with Crippen LogP contribution in [0.15, 0.2) is 77.9 Å². The molecule has 2 aromatic rings. The molecule has 0 radical (unpaired) electrons. The summed E-state index contributed by atoms with van der Waals surface area (Å²) < 4.78 is 16.9. The van der Waals surface area contributed by atoms with Gasteiger partial charge in [0.1, 0.15) is 17.5 Å². The zero-order valence-electron chi connectivity index (χ0n) is 18.0. The van der Waals surface area contributed by atoms with Crippen LogP contribution in [0.2, 0.25) is 0 Å². The van der Waals surface area contributed by atoms with Crippen molar-refractivity contribution >= 4 is 17.6 Å². The van der Waals surface area contributed by atoms with Crippen molar-refractivity contribution in [3.63, 3.8) is 0 Å². The van der Waals surface area contributed by atoms with E-state index in [1.807, 2.05) is 67.6 Å². The van der Waals surface area contributed by atoms with Gasteiger partial charge in [0, 0.05) is 11.8 Å². The standard InChI is InChI=1S/C25H26N2O5/c1-3-31-18-11-7-10-17(15-18)27-20(14-16-8-5-4-6-9-16)25-13-12-19(32-25)21(23(26)28)22(25)24(29)30-2/h4-13,15,19-20,27H,3,14H2,1-2H3,(H2,26,28). The summed E-state index contributed by atoms with van der Waals surface area (Å²) in [7, 11) is 1.28. The second kappa shape index (κ2) is 8.88. The molecule has 2 bridgehead atoms. The summed E-state index contributed by atoms with van der Waals surface area (Å²) in [5, 5.41) is 3.50. The first-order chi connectivity index (χ1) is 15.5. The molecule has 7 heteroatoms. The number of nitrogens with one attached hydrogen (secondary N) is 1. The number of esters is 1. The van der Waals surface area contributed by atoms with Crippen LogP contribution in [0.5, 0.6) is 5.75 Å². The van der Waals surface area contributed by atoms with Gasteiger partial charge in [-0.2, -0.15) is 0 Å². The predicted molar refractivity (Wildman–Crippen MR) is 120 cm³/mol. The van der Waals surface area contributed by atoms with Gasteiger partial charge >= 0.3 is 5.97 Å². The molecule has 0 saturated heterocycles. The van der Waals surface area contributed by atoms with Gasteiger partial charge in [-0.1, -0.05) is 42.5 Å². The molecule has 2 aliphatic heterocycles. The van der Waals surface area contributed by atoms with Crippen molar-refractivity contribution in [1.82, 2.24) is 0 Å². The van der Waals surface area contributed by atoms with Gasteiger partial charge in [-0.25, -0.2) is 4.79 Å². The molecule has 2 heterocycles. The number of hydrogen-bond donors (Lipinski definition) is 2. The number of hydrogen-bond acceptors (Lipinski definition) is 6. The zero-order valence-corrected chi connectivity index (χ0v) is 18.0. The number of benzene rings is 2. The molecule has 1 amide bonds. The molecular weight excluding hydrogens is 408 g/mol. The predicted octanol–water partition coefficient (Wildman–Crippen LogP) is 2.77. The van der Waals surface area contributed by atoms with Gasteiger partial charge in [-0.15, -0.1) is 0 Å². The number of primary amides is 1. The molecule has 0 fully saturated rings. The van der Waals surface area contributed by atoms with Crippen LogP contribution in [-0.4, -0.2) is 43.3 Å². The van der Waals surface area contributed by atoms with E-state index >= 15 is 0 Å². The van der Waals surface area contributed by atoms with E-state index in [4.69, 9.17) is 19.9 Å². The van der Waals surface area contributed by atoms with Crippen LogP contribution in [0.4, 0.5) is 5.69 Å². The SMILES string of the molecule is CCOc1cccc(NC(Cc2ccccc2)C23C=CC(O2)C(C(N)=O)=C3C(=O)OC)c1. The molecule has 0 saturated carbocycles. The van der Waals surface area contributed by atoms with E-state index < -0.39 is 29.6 Å². The van der Waals surface area contributed by atoms with Gasteiger partial charge < -0.3 is 25.3 Å². The summed E-state index contributed by atoms with van der Waals surface area (Å²) in [6.45, 7) is 2.47. The van der Waals surface area contributed by atoms with Crippen LogP contribution in [-0.2, 0) is 25.5 Å². The Morgan fingerprint density at radius 3 is 2.66 bits per heavy atom. The quantitative estimate of drug-likeness (QED) is 0.465. The molecule has 4 rings (SSSR count). The van der Waals surface area contributed by atoms with E-state index in [1.54, 1.807) is 6.08 Å². The van der Waals surface area contributed by atoms with Crippen molar-refractivity contribution in [1.29, 1.82) is 0 Å². The van der Waals surface area contributed by atoms with Crippen LogP contribution in [0, 0.1) is 0 Å². The van der Waals surface area contributed by atoms with Crippen LogP contribution in [0.25, 0.3) is 0 Å². The number of ether oxygens (including phenoxy) is 3. The van der Waals surface area contributed by atoms with Gasteiger partial charge in [0.2, 0.25) is 5.91 Å². The number of rotatable bonds is 9. The Morgan fingerprint density at radius 2 is 1.97 bits per heavy atom. The Hall–Kier alpha value is -3.58. The Balaban J connectivity index is 1.78. The zero-order chi connectivity index (χ0) is 22.7. The second-order valence-corrected chi connectivity index (χ2v) is 7.68. The van der Waals surface area contributed by atoms with Crippen molar-refractivity contribution in [2.75, 3.05) is 19.0 Å². The monoisotopic (exact) mass is 434 g/mol. The fourth-order valence-electron chi connectivity index (χ4n) is 4.38.